The molecule has 0 spiro atoms. The summed E-state index contributed by atoms with van der Waals surface area (Å²) in [5.74, 6) is -0.902. The van der Waals surface area contributed by atoms with Crippen LogP contribution in [-0.4, -0.2) is 40.6 Å². The van der Waals surface area contributed by atoms with Crippen LogP contribution in [0.5, 0.6) is 0 Å². The Bertz CT molecular complexity index is 277. The van der Waals surface area contributed by atoms with Crippen molar-refractivity contribution in [2.24, 2.45) is 0 Å². The number of benzene rings is 1. The summed E-state index contributed by atoms with van der Waals surface area (Å²) in [6.45, 7) is 3.56. The molecule has 3 heteroatoms. The molecule has 0 aromatic heterocycles. The first-order valence-corrected chi connectivity index (χ1v) is 3.20. The largest absolute Gasteiger partial charge is 0.478 e. The molecule has 12 heavy (non-hydrogen) atoms. The second kappa shape index (κ2) is 5.14. The molecule has 1 N–H and O–H groups in total. The van der Waals surface area contributed by atoms with Gasteiger partial charge in [0, 0.05) is 29.6 Å². The van der Waals surface area contributed by atoms with Crippen LogP contribution in [-0.2, 0) is 0 Å². The molecule has 0 bridgehead atoms. The molecule has 0 saturated heterocycles. The molecular formula is C9H8NaO2. The first kappa shape index (κ1) is 11.4. The van der Waals surface area contributed by atoms with Gasteiger partial charge in [-0.15, -0.1) is 0 Å². The van der Waals surface area contributed by atoms with Crippen LogP contribution >= 0.6 is 0 Å². The molecule has 0 fully saturated rings. The second-order valence-corrected chi connectivity index (χ2v) is 2.13. The zero-order valence-corrected chi connectivity index (χ0v) is 8.95. The Balaban J connectivity index is 0.00000121. The number of rotatable bonds is 2. The van der Waals surface area contributed by atoms with Gasteiger partial charge in [-0.05, 0) is 17.7 Å². The van der Waals surface area contributed by atoms with Gasteiger partial charge in [0.05, 0.1) is 5.56 Å². The maximum absolute atomic E-state index is 10.4. The summed E-state index contributed by atoms with van der Waals surface area (Å²) in [4.78, 5) is 10.4. The average molecular weight is 171 g/mol. The van der Waals surface area contributed by atoms with Crippen LogP contribution < -0.4 is 0 Å². The topological polar surface area (TPSA) is 37.3 Å². The van der Waals surface area contributed by atoms with Gasteiger partial charge in [-0.3, -0.25) is 0 Å². The Labute approximate surface area is 93.2 Å². The Hall–Kier alpha value is -0.570. The van der Waals surface area contributed by atoms with Gasteiger partial charge in [0.2, 0.25) is 0 Å². The maximum Gasteiger partial charge on any atom is 0.335 e. The molecule has 0 unspecified atom stereocenters. The second-order valence-electron chi connectivity index (χ2n) is 2.13. The number of hydrogen-bond donors (Lipinski definition) is 1. The molecule has 0 amide bonds. The van der Waals surface area contributed by atoms with E-state index < -0.39 is 5.97 Å². The van der Waals surface area contributed by atoms with Crippen molar-refractivity contribution in [2.45, 2.75) is 0 Å². The van der Waals surface area contributed by atoms with Gasteiger partial charge in [0.1, 0.15) is 0 Å². The van der Waals surface area contributed by atoms with E-state index in [0.717, 1.165) is 5.56 Å². The molecule has 2 nitrogen and oxygen atoms in total. The van der Waals surface area contributed by atoms with Gasteiger partial charge in [0.15, 0.2) is 0 Å². The number of carboxylic acid groups (broad SMARTS) is 1. The van der Waals surface area contributed by atoms with Gasteiger partial charge in [-0.1, -0.05) is 24.8 Å². The van der Waals surface area contributed by atoms with Crippen LogP contribution in [0.1, 0.15) is 15.9 Å². The van der Waals surface area contributed by atoms with Crippen molar-refractivity contribution in [3.8, 4) is 0 Å². The predicted octanol–water partition coefficient (Wildman–Crippen LogP) is 1.65. The van der Waals surface area contributed by atoms with Gasteiger partial charge in [0.25, 0.3) is 0 Å². The molecular weight excluding hydrogens is 163 g/mol. The predicted molar refractivity (Wildman–Crippen MR) is 49.2 cm³/mol. The third kappa shape index (κ3) is 2.81. The summed E-state index contributed by atoms with van der Waals surface area (Å²) in [7, 11) is 0. The minimum Gasteiger partial charge on any atom is -0.478 e. The van der Waals surface area contributed by atoms with Crippen molar-refractivity contribution >= 4 is 41.6 Å². The molecule has 1 rings (SSSR count). The first-order chi connectivity index (χ1) is 5.24. The SMILES string of the molecule is C=Cc1ccc(C(=O)O)cc1.[Na]. The van der Waals surface area contributed by atoms with Gasteiger partial charge in [-0.25, -0.2) is 4.79 Å². The number of hydrogen-bond acceptors (Lipinski definition) is 1. The zero-order valence-electron chi connectivity index (χ0n) is 6.95. The van der Waals surface area contributed by atoms with Crippen LogP contribution in [0.3, 0.4) is 0 Å². The molecule has 0 aliphatic carbocycles. The van der Waals surface area contributed by atoms with E-state index in [1.807, 2.05) is 0 Å². The van der Waals surface area contributed by atoms with E-state index in [4.69, 9.17) is 5.11 Å². The van der Waals surface area contributed by atoms with Crippen LogP contribution in [0.25, 0.3) is 6.08 Å². The first-order valence-electron chi connectivity index (χ1n) is 3.20. The molecule has 0 atom stereocenters. The number of carboxylic acids is 1. The number of carbonyl (C=O) groups is 1. The van der Waals surface area contributed by atoms with Crippen molar-refractivity contribution in [1.82, 2.24) is 0 Å². The van der Waals surface area contributed by atoms with E-state index in [1.165, 1.54) is 0 Å². The monoisotopic (exact) mass is 171 g/mol. The molecule has 1 aromatic carbocycles. The van der Waals surface area contributed by atoms with Crippen LogP contribution in [0.4, 0.5) is 0 Å². The van der Waals surface area contributed by atoms with E-state index in [2.05, 4.69) is 6.58 Å². The van der Waals surface area contributed by atoms with Crippen molar-refractivity contribution in [1.29, 1.82) is 0 Å². The minimum absolute atomic E-state index is 0. The fraction of sp³-hybridized carbons (Fsp3) is 0. The Morgan fingerprint density at radius 3 is 2.17 bits per heavy atom. The molecule has 0 aliphatic rings. The fourth-order valence-corrected chi connectivity index (χ4v) is 0.762. The summed E-state index contributed by atoms with van der Waals surface area (Å²) in [5, 5.41) is 8.52. The van der Waals surface area contributed by atoms with Crippen molar-refractivity contribution in [2.75, 3.05) is 0 Å². The van der Waals surface area contributed by atoms with Crippen molar-refractivity contribution in [3.63, 3.8) is 0 Å². The molecule has 0 aliphatic heterocycles. The van der Waals surface area contributed by atoms with Crippen LogP contribution in [0.2, 0.25) is 0 Å². The van der Waals surface area contributed by atoms with Crippen molar-refractivity contribution in [3.05, 3.63) is 42.0 Å². The van der Waals surface area contributed by atoms with Gasteiger partial charge < -0.3 is 5.11 Å². The summed E-state index contributed by atoms with van der Waals surface area (Å²) >= 11 is 0. The van der Waals surface area contributed by atoms with Gasteiger partial charge in [-0.2, -0.15) is 0 Å². The summed E-state index contributed by atoms with van der Waals surface area (Å²) < 4.78 is 0. The number of aromatic carboxylic acids is 1. The standard InChI is InChI=1S/C9H8O2.Na/c1-2-7-3-5-8(6-4-7)9(10)11;/h2-6H,1H2,(H,10,11);. The smallest absolute Gasteiger partial charge is 0.335 e. The van der Waals surface area contributed by atoms with Crippen LogP contribution in [0, 0.1) is 0 Å². The third-order valence-electron chi connectivity index (χ3n) is 1.39. The van der Waals surface area contributed by atoms with E-state index >= 15 is 0 Å². The molecule has 0 saturated carbocycles. The van der Waals surface area contributed by atoms with E-state index in [9.17, 15) is 4.79 Å². The Morgan fingerprint density at radius 2 is 1.83 bits per heavy atom. The summed E-state index contributed by atoms with van der Waals surface area (Å²) in [5.41, 5.74) is 1.23. The maximum atomic E-state index is 10.4. The van der Waals surface area contributed by atoms with Crippen LogP contribution in [0.15, 0.2) is 30.8 Å². The van der Waals surface area contributed by atoms with E-state index in [1.54, 1.807) is 30.3 Å². The summed E-state index contributed by atoms with van der Waals surface area (Å²) in [6.07, 6.45) is 1.67. The molecule has 0 heterocycles. The fourth-order valence-electron chi connectivity index (χ4n) is 0.762. The third-order valence-corrected chi connectivity index (χ3v) is 1.39. The van der Waals surface area contributed by atoms with E-state index in [0.29, 0.717) is 5.56 Å². The van der Waals surface area contributed by atoms with E-state index in [-0.39, 0.29) is 29.6 Å². The van der Waals surface area contributed by atoms with Gasteiger partial charge >= 0.3 is 5.97 Å². The Morgan fingerprint density at radius 1 is 1.33 bits per heavy atom. The average Bonchev–Trinajstić information content (AvgIpc) is 2.05. The summed E-state index contributed by atoms with van der Waals surface area (Å²) in [6, 6.07) is 6.55. The molecule has 1 aromatic rings. The quantitative estimate of drug-likeness (QED) is 0.687. The minimum atomic E-state index is -0.902. The Kier molecular flexibility index (Phi) is 4.90. The molecule has 1 radical (unpaired) electrons. The molecule has 57 valence electrons. The van der Waals surface area contributed by atoms with Crippen molar-refractivity contribution < 1.29 is 9.90 Å². The zero-order chi connectivity index (χ0) is 8.27. The normalized spacial score (nSPS) is 8.33.